The van der Waals surface area contributed by atoms with Crippen molar-refractivity contribution in [2.45, 2.75) is 70.6 Å². The topological polar surface area (TPSA) is 66.6 Å². The fraction of sp³-hybridized carbons (Fsp3) is 0.500. The number of hydrogen-bond acceptors (Lipinski definition) is 5. The average Bonchev–Trinajstić information content (AvgIpc) is 2.93. The van der Waals surface area contributed by atoms with Crippen molar-refractivity contribution in [3.8, 4) is 11.6 Å². The molecule has 2 N–H and O–H groups in total. The molecule has 2 fully saturated rings. The smallest absolute Gasteiger partial charge is 0.221 e. The summed E-state index contributed by atoms with van der Waals surface area (Å²) in [6.45, 7) is 4.40. The molecule has 0 spiro atoms. The minimum atomic E-state index is 0.146. The van der Waals surface area contributed by atoms with Crippen LogP contribution in [-0.2, 0) is 11.3 Å². The van der Waals surface area contributed by atoms with Crippen LogP contribution in [0.25, 0.3) is 10.8 Å². The van der Waals surface area contributed by atoms with Crippen LogP contribution in [-0.4, -0.2) is 30.3 Å². The number of hydrogen-bond donors (Lipinski definition) is 1. The third kappa shape index (κ3) is 5.34. The molecule has 2 aliphatic rings. The van der Waals surface area contributed by atoms with Crippen molar-refractivity contribution in [1.82, 2.24) is 4.98 Å². The number of halogens is 1. The molecule has 2 heterocycles. The number of rotatable bonds is 8. The Balaban J connectivity index is 1.28. The zero-order chi connectivity index (χ0) is 25.0. The zero-order valence-electron chi connectivity index (χ0n) is 21.1. The van der Waals surface area contributed by atoms with Gasteiger partial charge in [-0.1, -0.05) is 48.9 Å². The van der Waals surface area contributed by atoms with Gasteiger partial charge in [0.2, 0.25) is 5.88 Å². The predicted molar refractivity (Wildman–Crippen MR) is 145 cm³/mol. The molecule has 6 heteroatoms. The van der Waals surface area contributed by atoms with Gasteiger partial charge in [0.15, 0.2) is 0 Å². The molecular weight excluding hydrogens is 472 g/mol. The lowest BCUT2D eigenvalue weighted by atomic mass is 9.59. The van der Waals surface area contributed by atoms with Gasteiger partial charge >= 0.3 is 0 Å². The lowest BCUT2D eigenvalue weighted by molar-refractivity contribution is -0.0398. The maximum Gasteiger partial charge on any atom is 0.221 e. The van der Waals surface area contributed by atoms with E-state index in [0.29, 0.717) is 23.4 Å². The number of fused-ring (bicyclic) bond motifs is 1. The van der Waals surface area contributed by atoms with Crippen LogP contribution >= 0.6 is 11.6 Å². The Morgan fingerprint density at radius 3 is 2.56 bits per heavy atom. The lowest BCUT2D eigenvalue weighted by Gasteiger charge is -2.50. The second-order valence-corrected chi connectivity index (χ2v) is 10.8. The van der Waals surface area contributed by atoms with E-state index in [1.807, 2.05) is 48.5 Å². The summed E-state index contributed by atoms with van der Waals surface area (Å²) in [5, 5.41) is 2.49. The Kier molecular flexibility index (Phi) is 8.00. The summed E-state index contributed by atoms with van der Waals surface area (Å²) in [7, 11) is 0. The molecule has 1 aromatic heterocycles. The van der Waals surface area contributed by atoms with Gasteiger partial charge in [-0.2, -0.15) is 0 Å². The normalized spacial score (nSPS) is 23.9. The fourth-order valence-electron chi connectivity index (χ4n) is 6.27. The number of ether oxygens (including phenoxy) is 3. The second kappa shape index (κ2) is 11.4. The van der Waals surface area contributed by atoms with E-state index in [4.69, 9.17) is 31.5 Å². The Hall–Kier alpha value is -2.34. The van der Waals surface area contributed by atoms with Gasteiger partial charge in [0.05, 0.1) is 11.1 Å². The number of pyridine rings is 1. The SMILES string of the molecule is CCC(N)[C@]1(C2CCOCC2)CC[C@H](Oc2cc3ccnc(OCc4ccccc4)c3cc2Cl)CC1. The molecule has 36 heavy (non-hydrogen) atoms. The quantitative estimate of drug-likeness (QED) is 0.357. The summed E-state index contributed by atoms with van der Waals surface area (Å²) in [6.07, 6.45) is 9.39. The highest BCUT2D eigenvalue weighted by molar-refractivity contribution is 6.33. The molecule has 1 atom stereocenters. The molecule has 1 unspecified atom stereocenters. The maximum absolute atomic E-state index is 6.75. The van der Waals surface area contributed by atoms with Crippen LogP contribution in [0, 0.1) is 11.3 Å². The van der Waals surface area contributed by atoms with Crippen molar-refractivity contribution in [3.63, 3.8) is 0 Å². The maximum atomic E-state index is 6.75. The van der Waals surface area contributed by atoms with E-state index >= 15 is 0 Å². The molecule has 0 radical (unpaired) electrons. The van der Waals surface area contributed by atoms with Crippen LogP contribution < -0.4 is 15.2 Å². The molecule has 5 rings (SSSR count). The van der Waals surface area contributed by atoms with E-state index in [-0.39, 0.29) is 17.6 Å². The van der Waals surface area contributed by atoms with Crippen molar-refractivity contribution >= 4 is 22.4 Å². The number of nitrogens with zero attached hydrogens (tertiary/aromatic N) is 1. The first kappa shape index (κ1) is 25.3. The largest absolute Gasteiger partial charge is 0.489 e. The van der Waals surface area contributed by atoms with Gasteiger partial charge in [-0.25, -0.2) is 4.98 Å². The minimum absolute atomic E-state index is 0.146. The first-order valence-corrected chi connectivity index (χ1v) is 13.7. The predicted octanol–water partition coefficient (Wildman–Crippen LogP) is 6.94. The van der Waals surface area contributed by atoms with E-state index in [9.17, 15) is 0 Å². The molecule has 0 amide bonds. The van der Waals surface area contributed by atoms with Crippen molar-refractivity contribution in [3.05, 3.63) is 65.3 Å². The lowest BCUT2D eigenvalue weighted by Crippen LogP contribution is -2.51. The Bertz CT molecular complexity index is 1140. The summed E-state index contributed by atoms with van der Waals surface area (Å²) in [4.78, 5) is 4.45. The highest BCUT2D eigenvalue weighted by Gasteiger charge is 2.46. The van der Waals surface area contributed by atoms with Crippen LogP contribution in [0.2, 0.25) is 5.02 Å². The third-order valence-corrected chi connectivity index (χ3v) is 8.66. The first-order valence-electron chi connectivity index (χ1n) is 13.3. The number of nitrogens with two attached hydrogens (primary N) is 1. The molecule has 5 nitrogen and oxygen atoms in total. The molecule has 1 saturated carbocycles. The molecule has 3 aromatic rings. The van der Waals surface area contributed by atoms with Crippen LogP contribution in [0.3, 0.4) is 0 Å². The van der Waals surface area contributed by atoms with Crippen LogP contribution in [0.5, 0.6) is 11.6 Å². The number of benzene rings is 2. The van der Waals surface area contributed by atoms with Gasteiger partial charge in [-0.3, -0.25) is 0 Å². The molecule has 1 aliphatic carbocycles. The van der Waals surface area contributed by atoms with Crippen LogP contribution in [0.4, 0.5) is 0 Å². The summed E-state index contributed by atoms with van der Waals surface area (Å²) >= 11 is 6.72. The van der Waals surface area contributed by atoms with E-state index in [1.165, 1.54) is 0 Å². The highest BCUT2D eigenvalue weighted by Crippen LogP contribution is 2.50. The molecule has 1 aliphatic heterocycles. The van der Waals surface area contributed by atoms with E-state index < -0.39 is 0 Å². The van der Waals surface area contributed by atoms with Crippen LogP contribution in [0.15, 0.2) is 54.7 Å². The molecular formula is C30H37ClN2O3. The Labute approximate surface area is 219 Å². The second-order valence-electron chi connectivity index (χ2n) is 10.3. The van der Waals surface area contributed by atoms with Gasteiger partial charge in [0.25, 0.3) is 0 Å². The zero-order valence-corrected chi connectivity index (χ0v) is 21.9. The van der Waals surface area contributed by atoms with Crippen molar-refractivity contribution < 1.29 is 14.2 Å². The average molecular weight is 509 g/mol. The van der Waals surface area contributed by atoms with E-state index in [2.05, 4.69) is 11.9 Å². The van der Waals surface area contributed by atoms with Gasteiger partial charge in [0.1, 0.15) is 12.4 Å². The minimum Gasteiger partial charge on any atom is -0.489 e. The van der Waals surface area contributed by atoms with E-state index in [0.717, 1.165) is 80.2 Å². The highest BCUT2D eigenvalue weighted by atomic mass is 35.5. The summed E-state index contributed by atoms with van der Waals surface area (Å²) < 4.78 is 18.2. The third-order valence-electron chi connectivity index (χ3n) is 8.37. The van der Waals surface area contributed by atoms with Crippen molar-refractivity contribution in [2.75, 3.05) is 13.2 Å². The molecule has 2 aromatic carbocycles. The van der Waals surface area contributed by atoms with E-state index in [1.54, 1.807) is 6.20 Å². The standard InChI is InChI=1S/C30H37ClN2O3/c1-2-28(32)30(23-11-16-34-17-12-23)13-8-24(9-14-30)36-27-18-22-10-15-33-29(25(22)19-26(27)31)35-20-21-6-4-3-5-7-21/h3-7,10,15,18-19,23-24,28H,2,8-9,11-14,16-17,20,32H2,1H3/t24-,28?,30+. The van der Waals surface area contributed by atoms with Gasteiger partial charge < -0.3 is 19.9 Å². The summed E-state index contributed by atoms with van der Waals surface area (Å²) in [6, 6.07) is 16.2. The van der Waals surface area contributed by atoms with Gasteiger partial charge in [-0.15, -0.1) is 0 Å². The molecule has 1 saturated heterocycles. The summed E-state index contributed by atoms with van der Waals surface area (Å²) in [5.41, 5.74) is 8.05. The van der Waals surface area contributed by atoms with Crippen molar-refractivity contribution in [1.29, 1.82) is 0 Å². The van der Waals surface area contributed by atoms with Gasteiger partial charge in [0, 0.05) is 30.8 Å². The number of aromatic nitrogens is 1. The first-order chi connectivity index (χ1) is 17.6. The monoisotopic (exact) mass is 508 g/mol. The Morgan fingerprint density at radius 2 is 1.83 bits per heavy atom. The van der Waals surface area contributed by atoms with Crippen LogP contribution in [0.1, 0.15) is 57.4 Å². The molecule has 192 valence electrons. The summed E-state index contributed by atoms with van der Waals surface area (Å²) in [5.74, 6) is 1.96. The molecule has 0 bridgehead atoms. The Morgan fingerprint density at radius 1 is 1.08 bits per heavy atom. The van der Waals surface area contributed by atoms with Gasteiger partial charge in [-0.05, 0) is 85.4 Å². The van der Waals surface area contributed by atoms with Crippen molar-refractivity contribution in [2.24, 2.45) is 17.1 Å². The fourth-order valence-corrected chi connectivity index (χ4v) is 6.47.